The summed E-state index contributed by atoms with van der Waals surface area (Å²) in [6.07, 6.45) is 0. The molecule has 0 aliphatic carbocycles. The van der Waals surface area contributed by atoms with E-state index < -0.39 is 0 Å². The number of nitrogens with one attached hydrogen (secondary N) is 1. The van der Waals surface area contributed by atoms with Gasteiger partial charge in [0.2, 0.25) is 0 Å². The summed E-state index contributed by atoms with van der Waals surface area (Å²) < 4.78 is 2.12. The number of nitrogens with zero attached hydrogens (tertiary/aromatic N) is 1. The maximum Gasteiger partial charge on any atom is 0.0982 e. The molecule has 1 N–H and O–H groups in total. The molecular weight excluding hydrogens is 388 g/mol. The van der Waals surface area contributed by atoms with Crippen LogP contribution in [0.15, 0.2) is 32.5 Å². The van der Waals surface area contributed by atoms with Crippen LogP contribution in [0.25, 0.3) is 0 Å². The average molecular weight is 404 g/mol. The van der Waals surface area contributed by atoms with Gasteiger partial charge in [-0.05, 0) is 34.1 Å². The minimum Gasteiger partial charge on any atom is -0.378 e. The molecule has 19 heavy (non-hydrogen) atoms. The highest BCUT2D eigenvalue weighted by atomic mass is 79.9. The van der Waals surface area contributed by atoms with Crippen LogP contribution in [-0.4, -0.2) is 4.98 Å². The molecule has 0 bridgehead atoms. The van der Waals surface area contributed by atoms with E-state index in [1.54, 1.807) is 11.3 Å². The monoisotopic (exact) mass is 402 g/mol. The van der Waals surface area contributed by atoms with E-state index in [9.17, 15) is 0 Å². The number of aromatic nitrogens is 1. The fourth-order valence-electron chi connectivity index (χ4n) is 1.55. The van der Waals surface area contributed by atoms with Crippen LogP contribution in [0.2, 0.25) is 0 Å². The minimum absolute atomic E-state index is 0.124. The van der Waals surface area contributed by atoms with Gasteiger partial charge >= 0.3 is 0 Å². The van der Waals surface area contributed by atoms with Crippen LogP contribution in [0.1, 0.15) is 31.5 Å². The first-order valence-electron chi connectivity index (χ1n) is 6.00. The van der Waals surface area contributed by atoms with Crippen molar-refractivity contribution in [3.63, 3.8) is 0 Å². The van der Waals surface area contributed by atoms with Crippen LogP contribution in [0, 0.1) is 0 Å². The summed E-state index contributed by atoms with van der Waals surface area (Å²) in [7, 11) is 0. The third-order valence-corrected chi connectivity index (χ3v) is 5.08. The van der Waals surface area contributed by atoms with Crippen LogP contribution in [0.4, 0.5) is 5.69 Å². The van der Waals surface area contributed by atoms with Gasteiger partial charge in [-0.3, -0.25) is 0 Å². The largest absolute Gasteiger partial charge is 0.378 e. The van der Waals surface area contributed by atoms with Gasteiger partial charge in [0.1, 0.15) is 0 Å². The Bertz CT molecular complexity index is 573. The van der Waals surface area contributed by atoms with Crippen molar-refractivity contribution in [3.8, 4) is 0 Å². The molecule has 1 heterocycles. The van der Waals surface area contributed by atoms with E-state index >= 15 is 0 Å². The van der Waals surface area contributed by atoms with Gasteiger partial charge in [-0.25, -0.2) is 4.98 Å². The van der Waals surface area contributed by atoms with E-state index in [2.05, 4.69) is 74.4 Å². The van der Waals surface area contributed by atoms with Gasteiger partial charge in [0.05, 0.1) is 17.2 Å². The van der Waals surface area contributed by atoms with Crippen LogP contribution in [-0.2, 0) is 12.0 Å². The molecule has 2 nitrogen and oxygen atoms in total. The topological polar surface area (TPSA) is 24.9 Å². The Morgan fingerprint density at radius 2 is 2.00 bits per heavy atom. The zero-order chi connectivity index (χ0) is 14.0. The third kappa shape index (κ3) is 4.04. The number of rotatable bonds is 3. The van der Waals surface area contributed by atoms with Crippen molar-refractivity contribution in [2.45, 2.75) is 32.7 Å². The number of hydrogen-bond donors (Lipinski definition) is 1. The Morgan fingerprint density at radius 1 is 1.26 bits per heavy atom. The molecule has 1 aromatic heterocycles. The van der Waals surface area contributed by atoms with Crippen molar-refractivity contribution in [2.75, 3.05) is 5.32 Å². The fourth-order valence-corrected chi connectivity index (χ4v) is 3.21. The lowest BCUT2D eigenvalue weighted by Crippen LogP contribution is -2.11. The molecule has 0 fully saturated rings. The van der Waals surface area contributed by atoms with Gasteiger partial charge in [0, 0.05) is 25.4 Å². The maximum atomic E-state index is 4.68. The minimum atomic E-state index is 0.124. The molecule has 2 rings (SSSR count). The van der Waals surface area contributed by atoms with Gasteiger partial charge in [0.25, 0.3) is 0 Å². The number of thiazole rings is 1. The molecule has 0 amide bonds. The van der Waals surface area contributed by atoms with Gasteiger partial charge in [-0.1, -0.05) is 36.7 Å². The summed E-state index contributed by atoms with van der Waals surface area (Å²) in [6.45, 7) is 7.30. The SMILES string of the molecule is CC(C)(C)c1nc(CNc2cc(Br)ccc2Br)cs1. The first kappa shape index (κ1) is 15.0. The molecule has 1 aromatic carbocycles. The van der Waals surface area contributed by atoms with Crippen molar-refractivity contribution in [3.05, 3.63) is 43.2 Å². The highest BCUT2D eigenvalue weighted by molar-refractivity contribution is 9.11. The second-order valence-corrected chi connectivity index (χ2v) is 8.00. The Balaban J connectivity index is 2.06. The molecule has 0 unspecified atom stereocenters. The molecule has 5 heteroatoms. The molecule has 2 aromatic rings. The Kier molecular flexibility index (Phi) is 4.69. The fraction of sp³-hybridized carbons (Fsp3) is 0.357. The zero-order valence-electron chi connectivity index (χ0n) is 11.1. The molecule has 0 atom stereocenters. The molecule has 0 aliphatic rings. The molecule has 0 saturated heterocycles. The second kappa shape index (κ2) is 5.94. The lowest BCUT2D eigenvalue weighted by Gasteiger charge is -2.13. The van der Waals surface area contributed by atoms with E-state index in [4.69, 9.17) is 0 Å². The van der Waals surface area contributed by atoms with E-state index in [0.29, 0.717) is 0 Å². The first-order valence-corrected chi connectivity index (χ1v) is 8.46. The van der Waals surface area contributed by atoms with Gasteiger partial charge in [-0.15, -0.1) is 11.3 Å². The van der Waals surface area contributed by atoms with Crippen LogP contribution in [0.3, 0.4) is 0 Å². The molecule has 102 valence electrons. The Hall–Kier alpha value is -0.390. The summed E-state index contributed by atoms with van der Waals surface area (Å²) in [5.41, 5.74) is 2.28. The van der Waals surface area contributed by atoms with E-state index in [0.717, 1.165) is 26.9 Å². The molecule has 0 spiro atoms. The summed E-state index contributed by atoms with van der Waals surface area (Å²) in [5, 5.41) is 6.70. The predicted molar refractivity (Wildman–Crippen MR) is 90.0 cm³/mol. The Morgan fingerprint density at radius 3 is 2.63 bits per heavy atom. The summed E-state index contributed by atoms with van der Waals surface area (Å²) in [6, 6.07) is 6.09. The van der Waals surface area contributed by atoms with Gasteiger partial charge < -0.3 is 5.32 Å². The molecule has 0 saturated carbocycles. The molecule has 0 radical (unpaired) electrons. The maximum absolute atomic E-state index is 4.68. The lowest BCUT2D eigenvalue weighted by molar-refractivity contribution is 0.583. The number of anilines is 1. The van der Waals surface area contributed by atoms with E-state index in [1.165, 1.54) is 5.01 Å². The number of benzene rings is 1. The normalized spacial score (nSPS) is 11.6. The summed E-state index contributed by atoms with van der Waals surface area (Å²) in [4.78, 5) is 4.68. The van der Waals surface area contributed by atoms with Crippen molar-refractivity contribution in [1.29, 1.82) is 0 Å². The van der Waals surface area contributed by atoms with Crippen LogP contribution in [0.5, 0.6) is 0 Å². The second-order valence-electron chi connectivity index (χ2n) is 5.37. The smallest absolute Gasteiger partial charge is 0.0982 e. The highest BCUT2D eigenvalue weighted by Crippen LogP contribution is 2.28. The van der Waals surface area contributed by atoms with Crippen molar-refractivity contribution in [1.82, 2.24) is 4.98 Å². The van der Waals surface area contributed by atoms with Crippen LogP contribution < -0.4 is 5.32 Å². The summed E-state index contributed by atoms with van der Waals surface area (Å²) >= 11 is 8.75. The lowest BCUT2D eigenvalue weighted by atomic mass is 9.98. The van der Waals surface area contributed by atoms with E-state index in [1.807, 2.05) is 12.1 Å². The van der Waals surface area contributed by atoms with Gasteiger partial charge in [0.15, 0.2) is 0 Å². The molecular formula is C14H16Br2N2S. The number of halogens is 2. The first-order chi connectivity index (χ1) is 8.86. The van der Waals surface area contributed by atoms with Crippen molar-refractivity contribution < 1.29 is 0 Å². The van der Waals surface area contributed by atoms with Crippen molar-refractivity contribution >= 4 is 48.9 Å². The third-order valence-electron chi connectivity index (χ3n) is 2.58. The van der Waals surface area contributed by atoms with Gasteiger partial charge in [-0.2, -0.15) is 0 Å². The quantitative estimate of drug-likeness (QED) is 0.723. The zero-order valence-corrected chi connectivity index (χ0v) is 15.1. The number of hydrogen-bond acceptors (Lipinski definition) is 3. The summed E-state index contributed by atoms with van der Waals surface area (Å²) in [5.74, 6) is 0. The Labute approximate surface area is 134 Å². The van der Waals surface area contributed by atoms with E-state index in [-0.39, 0.29) is 5.41 Å². The predicted octanol–water partition coefficient (Wildman–Crippen LogP) is 5.58. The van der Waals surface area contributed by atoms with Crippen molar-refractivity contribution in [2.24, 2.45) is 0 Å². The van der Waals surface area contributed by atoms with Crippen LogP contribution >= 0.6 is 43.2 Å². The molecule has 0 aliphatic heterocycles. The standard InChI is InChI=1S/C14H16Br2N2S/c1-14(2,3)13-18-10(8-19-13)7-17-12-6-9(15)4-5-11(12)16/h4-6,8,17H,7H2,1-3H3. The average Bonchev–Trinajstić information content (AvgIpc) is 2.79. The highest BCUT2D eigenvalue weighted by Gasteiger charge is 2.17.